The van der Waals surface area contributed by atoms with Gasteiger partial charge in [0.25, 0.3) is 0 Å². The first kappa shape index (κ1) is 9.66. The van der Waals surface area contributed by atoms with E-state index in [2.05, 4.69) is 0 Å². The minimum atomic E-state index is 0.297. The van der Waals surface area contributed by atoms with Gasteiger partial charge in [0.05, 0.1) is 7.11 Å². The molecule has 1 fully saturated rings. The molecule has 0 aromatic heterocycles. The lowest BCUT2D eigenvalue weighted by molar-refractivity contribution is 0.124. The van der Waals surface area contributed by atoms with Gasteiger partial charge >= 0.3 is 0 Å². The van der Waals surface area contributed by atoms with E-state index in [9.17, 15) is 0 Å². The second-order valence-electron chi connectivity index (χ2n) is 3.48. The third-order valence-electron chi connectivity index (χ3n) is 2.40. The van der Waals surface area contributed by atoms with E-state index in [1.54, 1.807) is 7.11 Å². The molecule has 1 aliphatic rings. The van der Waals surface area contributed by atoms with E-state index in [0.29, 0.717) is 11.5 Å². The highest BCUT2D eigenvalue weighted by Gasteiger charge is 2.28. The summed E-state index contributed by atoms with van der Waals surface area (Å²) in [5.74, 6) is 1.74. The Labute approximate surface area is 88.8 Å². The van der Waals surface area contributed by atoms with Gasteiger partial charge in [-0.2, -0.15) is 0 Å². The summed E-state index contributed by atoms with van der Waals surface area (Å²) < 4.78 is 10.7. The van der Waals surface area contributed by atoms with E-state index in [1.807, 2.05) is 24.3 Å². The molecule has 14 heavy (non-hydrogen) atoms. The summed E-state index contributed by atoms with van der Waals surface area (Å²) in [5, 5.41) is 0.304. The summed E-state index contributed by atoms with van der Waals surface area (Å²) in [6.07, 6.45) is 2.20. The zero-order valence-electron chi connectivity index (χ0n) is 8.07. The average Bonchev–Trinajstić information content (AvgIpc) is 2.17. The van der Waals surface area contributed by atoms with Crippen molar-refractivity contribution in [2.45, 2.75) is 24.3 Å². The topological polar surface area (TPSA) is 18.5 Å². The molecule has 0 amide bonds. The monoisotopic (exact) mass is 212 g/mol. The number of halogens is 1. The van der Waals surface area contributed by atoms with Crippen LogP contribution in [0.5, 0.6) is 11.5 Å². The number of hydrogen-bond donors (Lipinski definition) is 0. The van der Waals surface area contributed by atoms with Crippen LogP contribution in [0.3, 0.4) is 0 Å². The molecule has 0 spiro atoms. The summed E-state index contributed by atoms with van der Waals surface area (Å²) in [6.45, 7) is 0. The highest BCUT2D eigenvalue weighted by atomic mass is 35.5. The van der Waals surface area contributed by atoms with Gasteiger partial charge in [-0.1, -0.05) is 0 Å². The van der Waals surface area contributed by atoms with Crippen molar-refractivity contribution in [2.24, 2.45) is 0 Å². The van der Waals surface area contributed by atoms with E-state index in [0.717, 1.165) is 24.3 Å². The molecule has 0 saturated heterocycles. The van der Waals surface area contributed by atoms with E-state index in [1.165, 1.54) is 0 Å². The van der Waals surface area contributed by atoms with Gasteiger partial charge in [0.2, 0.25) is 0 Å². The van der Waals surface area contributed by atoms with Crippen molar-refractivity contribution in [1.82, 2.24) is 0 Å². The molecule has 1 saturated carbocycles. The first-order valence-electron chi connectivity index (χ1n) is 4.72. The number of benzene rings is 1. The van der Waals surface area contributed by atoms with Gasteiger partial charge < -0.3 is 9.47 Å². The van der Waals surface area contributed by atoms with Crippen LogP contribution in [-0.2, 0) is 0 Å². The maximum atomic E-state index is 5.86. The van der Waals surface area contributed by atoms with Crippen LogP contribution in [0.15, 0.2) is 24.3 Å². The first-order chi connectivity index (χ1) is 6.78. The van der Waals surface area contributed by atoms with Crippen LogP contribution in [0, 0.1) is 0 Å². The van der Waals surface area contributed by atoms with Crippen LogP contribution in [0.1, 0.15) is 12.8 Å². The zero-order chi connectivity index (χ0) is 9.97. The third-order valence-corrected chi connectivity index (χ3v) is 2.76. The lowest BCUT2D eigenvalue weighted by Crippen LogP contribution is -2.34. The van der Waals surface area contributed by atoms with Crippen LogP contribution in [-0.4, -0.2) is 18.6 Å². The fourth-order valence-electron chi connectivity index (χ4n) is 1.44. The van der Waals surface area contributed by atoms with E-state index in [-0.39, 0.29) is 0 Å². The Morgan fingerprint density at radius 3 is 2.21 bits per heavy atom. The van der Waals surface area contributed by atoms with Crippen LogP contribution in [0.2, 0.25) is 0 Å². The van der Waals surface area contributed by atoms with Gasteiger partial charge in [-0.15, -0.1) is 11.6 Å². The van der Waals surface area contributed by atoms with Crippen LogP contribution in [0.4, 0.5) is 0 Å². The second-order valence-corrected chi connectivity index (χ2v) is 4.10. The van der Waals surface area contributed by atoms with Crippen molar-refractivity contribution in [3.05, 3.63) is 24.3 Å². The molecular weight excluding hydrogens is 200 g/mol. The Hall–Kier alpha value is -0.890. The van der Waals surface area contributed by atoms with Gasteiger partial charge in [0.1, 0.15) is 17.6 Å². The number of methoxy groups -OCH3 is 1. The Morgan fingerprint density at radius 2 is 1.71 bits per heavy atom. The lowest BCUT2D eigenvalue weighted by atomic mass is 9.95. The lowest BCUT2D eigenvalue weighted by Gasteiger charge is -2.31. The molecule has 0 heterocycles. The van der Waals surface area contributed by atoms with Crippen molar-refractivity contribution in [3.8, 4) is 11.5 Å². The third kappa shape index (κ3) is 2.13. The fraction of sp³-hybridized carbons (Fsp3) is 0.455. The van der Waals surface area contributed by atoms with Crippen molar-refractivity contribution in [2.75, 3.05) is 7.11 Å². The van der Waals surface area contributed by atoms with Gasteiger partial charge in [0, 0.05) is 18.2 Å². The maximum absolute atomic E-state index is 5.86. The average molecular weight is 213 g/mol. The van der Waals surface area contributed by atoms with Gasteiger partial charge in [-0.05, 0) is 24.3 Å². The van der Waals surface area contributed by atoms with Crippen molar-refractivity contribution >= 4 is 11.6 Å². The highest BCUT2D eigenvalue weighted by molar-refractivity contribution is 6.21. The van der Waals surface area contributed by atoms with Crippen LogP contribution in [0.25, 0.3) is 0 Å². The number of alkyl halides is 1. The summed E-state index contributed by atoms with van der Waals surface area (Å²) in [4.78, 5) is 0. The molecule has 0 atom stereocenters. The molecule has 0 radical (unpaired) electrons. The Morgan fingerprint density at radius 1 is 1.14 bits per heavy atom. The minimum absolute atomic E-state index is 0.297. The molecule has 1 aromatic carbocycles. The van der Waals surface area contributed by atoms with Crippen molar-refractivity contribution in [1.29, 1.82) is 0 Å². The number of rotatable bonds is 3. The van der Waals surface area contributed by atoms with Crippen molar-refractivity contribution < 1.29 is 9.47 Å². The molecule has 76 valence electrons. The molecule has 0 unspecified atom stereocenters. The zero-order valence-corrected chi connectivity index (χ0v) is 8.83. The predicted octanol–water partition coefficient (Wildman–Crippen LogP) is 2.84. The second kappa shape index (κ2) is 4.09. The van der Waals surface area contributed by atoms with Gasteiger partial charge in [-0.25, -0.2) is 0 Å². The quantitative estimate of drug-likeness (QED) is 0.718. The first-order valence-corrected chi connectivity index (χ1v) is 5.16. The van der Waals surface area contributed by atoms with Crippen LogP contribution < -0.4 is 9.47 Å². The molecule has 2 rings (SSSR count). The Kier molecular flexibility index (Phi) is 2.82. The summed E-state index contributed by atoms with van der Waals surface area (Å²) in [5.41, 5.74) is 0. The fourth-order valence-corrected chi connectivity index (χ4v) is 1.84. The maximum Gasteiger partial charge on any atom is 0.119 e. The molecular formula is C11H13ClO2. The molecule has 0 aliphatic heterocycles. The SMILES string of the molecule is COc1ccc(OC2CC(Cl)C2)cc1. The summed E-state index contributed by atoms with van der Waals surface area (Å²) in [7, 11) is 1.65. The summed E-state index contributed by atoms with van der Waals surface area (Å²) >= 11 is 5.86. The Bertz CT molecular complexity index is 291. The molecule has 1 aliphatic carbocycles. The molecule has 0 bridgehead atoms. The smallest absolute Gasteiger partial charge is 0.119 e. The normalized spacial score (nSPS) is 25.3. The van der Waals surface area contributed by atoms with E-state index >= 15 is 0 Å². The largest absolute Gasteiger partial charge is 0.497 e. The molecule has 2 nitrogen and oxygen atoms in total. The predicted molar refractivity (Wildman–Crippen MR) is 56.3 cm³/mol. The Balaban J connectivity index is 1.90. The molecule has 0 N–H and O–H groups in total. The van der Waals surface area contributed by atoms with Crippen molar-refractivity contribution in [3.63, 3.8) is 0 Å². The highest BCUT2D eigenvalue weighted by Crippen LogP contribution is 2.30. The number of hydrogen-bond acceptors (Lipinski definition) is 2. The standard InChI is InChI=1S/C11H13ClO2/c1-13-9-2-4-10(5-3-9)14-11-6-8(12)7-11/h2-5,8,11H,6-7H2,1H3. The van der Waals surface area contributed by atoms with Crippen LogP contribution >= 0.6 is 11.6 Å². The van der Waals surface area contributed by atoms with E-state index < -0.39 is 0 Å². The molecule has 1 aromatic rings. The van der Waals surface area contributed by atoms with Gasteiger partial charge in [0.15, 0.2) is 0 Å². The molecule has 3 heteroatoms. The number of ether oxygens (including phenoxy) is 2. The summed E-state index contributed by atoms with van der Waals surface area (Å²) in [6, 6.07) is 7.62. The minimum Gasteiger partial charge on any atom is -0.497 e. The van der Waals surface area contributed by atoms with E-state index in [4.69, 9.17) is 21.1 Å². The van der Waals surface area contributed by atoms with Gasteiger partial charge in [-0.3, -0.25) is 0 Å².